The molecule has 6 rings (SSSR count). The number of amides is 1. The lowest BCUT2D eigenvalue weighted by atomic mass is 9.95. The lowest BCUT2D eigenvalue weighted by Crippen LogP contribution is -2.22. The van der Waals surface area contributed by atoms with Crippen LogP contribution in [0.5, 0.6) is 5.75 Å². The molecule has 0 unspecified atom stereocenters. The fraction of sp³-hybridized carbons (Fsp3) is 0.0750. The number of nitrogens with zero attached hydrogens (tertiary/aromatic N) is 2. The molecule has 1 aliphatic rings. The molecule has 0 saturated heterocycles. The Labute approximate surface area is 283 Å². The van der Waals surface area contributed by atoms with Crippen LogP contribution in [0, 0.1) is 6.92 Å². The number of aryl methyl sites for hydroxylation is 1. The molecule has 0 radical (unpaired) electrons. The molecule has 0 aromatic heterocycles. The quantitative estimate of drug-likeness (QED) is 0.116. The maximum absolute atomic E-state index is 12.4. The summed E-state index contributed by atoms with van der Waals surface area (Å²) in [7, 11) is 1.65. The van der Waals surface area contributed by atoms with Crippen LogP contribution in [0.3, 0.4) is 0 Å². The molecule has 5 aromatic rings. The molecule has 0 bridgehead atoms. The van der Waals surface area contributed by atoms with Crippen molar-refractivity contribution in [2.45, 2.75) is 6.92 Å². The second-order valence-corrected chi connectivity index (χ2v) is 12.1. The molecule has 7 nitrogen and oxygen atoms in total. The van der Waals surface area contributed by atoms with E-state index in [1.807, 2.05) is 54.6 Å². The van der Waals surface area contributed by atoms with Crippen molar-refractivity contribution >= 4 is 63.6 Å². The number of carboxylic acid groups (broad SMARTS) is 1. The van der Waals surface area contributed by atoms with Crippen molar-refractivity contribution in [1.29, 1.82) is 0 Å². The van der Waals surface area contributed by atoms with E-state index in [2.05, 4.69) is 101 Å². The van der Waals surface area contributed by atoms with Crippen molar-refractivity contribution in [1.82, 2.24) is 5.32 Å². The maximum Gasteiger partial charge on any atom is 0.313 e. The largest absolute Gasteiger partial charge is 0.497 e. The van der Waals surface area contributed by atoms with Crippen molar-refractivity contribution in [3.8, 4) is 5.75 Å². The Kier molecular flexibility index (Phi) is 9.83. The van der Waals surface area contributed by atoms with Gasteiger partial charge in [0.15, 0.2) is 5.17 Å². The summed E-state index contributed by atoms with van der Waals surface area (Å²) in [5, 5.41) is 11.8. The first-order valence-electron chi connectivity index (χ1n) is 15.3. The van der Waals surface area contributed by atoms with Crippen LogP contribution in [0.15, 0.2) is 138 Å². The highest BCUT2D eigenvalue weighted by molar-refractivity contribution is 8.14. The molecule has 1 amide bonds. The smallest absolute Gasteiger partial charge is 0.313 e. The number of amidine groups is 1. The summed E-state index contributed by atoms with van der Waals surface area (Å²) in [5.74, 6) is -0.752. The Hall–Kier alpha value is -5.86. The minimum Gasteiger partial charge on any atom is -0.497 e. The van der Waals surface area contributed by atoms with Crippen molar-refractivity contribution in [2.24, 2.45) is 4.99 Å². The van der Waals surface area contributed by atoms with Gasteiger partial charge in [0.1, 0.15) is 11.4 Å². The average molecular weight is 652 g/mol. The second-order valence-electron chi connectivity index (χ2n) is 11.1. The normalized spacial score (nSPS) is 13.6. The van der Waals surface area contributed by atoms with Gasteiger partial charge in [-0.15, -0.1) is 0 Å². The van der Waals surface area contributed by atoms with E-state index in [9.17, 15) is 9.59 Å². The van der Waals surface area contributed by atoms with Crippen molar-refractivity contribution in [3.63, 3.8) is 0 Å². The number of thioether (sulfide) groups is 1. The predicted molar refractivity (Wildman–Crippen MR) is 196 cm³/mol. The van der Waals surface area contributed by atoms with Crippen molar-refractivity contribution in [2.75, 3.05) is 17.8 Å². The highest BCUT2D eigenvalue weighted by Gasteiger charge is 2.21. The summed E-state index contributed by atoms with van der Waals surface area (Å²) in [6.07, 6.45) is 3.90. The molecule has 2 N–H and O–H groups in total. The Morgan fingerprint density at radius 3 is 1.94 bits per heavy atom. The molecule has 5 aromatic carbocycles. The fourth-order valence-electron chi connectivity index (χ4n) is 5.27. The van der Waals surface area contributed by atoms with E-state index in [0.29, 0.717) is 0 Å². The van der Waals surface area contributed by atoms with Gasteiger partial charge in [0.25, 0.3) is 5.91 Å². The molecule has 238 valence electrons. The number of methoxy groups -OCH3 is 1. The van der Waals surface area contributed by atoms with Crippen LogP contribution >= 0.6 is 11.8 Å². The topological polar surface area (TPSA) is 91.2 Å². The number of anilines is 3. The lowest BCUT2D eigenvalue weighted by molar-refractivity contribution is -0.133. The number of carboxylic acids is 1. The number of aliphatic imine (C=N–C) groups is 1. The summed E-state index contributed by atoms with van der Waals surface area (Å²) in [6.45, 7) is 2.09. The minimum absolute atomic E-state index is 0.180. The van der Waals surface area contributed by atoms with Gasteiger partial charge < -0.3 is 14.7 Å². The summed E-state index contributed by atoms with van der Waals surface area (Å²) in [4.78, 5) is 29.7. The Bertz CT molecular complexity index is 2000. The number of nitrogens with one attached hydrogen (secondary N) is 1. The third kappa shape index (κ3) is 7.74. The lowest BCUT2D eigenvalue weighted by Gasteiger charge is -2.26. The molecule has 1 heterocycles. The summed E-state index contributed by atoms with van der Waals surface area (Å²) in [6, 6.07) is 43.2. The van der Waals surface area contributed by atoms with Gasteiger partial charge in [-0.3, -0.25) is 14.9 Å². The van der Waals surface area contributed by atoms with E-state index in [1.54, 1.807) is 13.2 Å². The van der Waals surface area contributed by atoms with Gasteiger partial charge in [-0.2, -0.15) is 0 Å². The second kappa shape index (κ2) is 14.7. The van der Waals surface area contributed by atoms with Crippen LogP contribution in [0.2, 0.25) is 0 Å². The number of hydrogen-bond acceptors (Lipinski definition) is 6. The van der Waals surface area contributed by atoms with Crippen LogP contribution in [-0.4, -0.2) is 35.0 Å². The summed E-state index contributed by atoms with van der Waals surface area (Å²) >= 11 is 0.975. The van der Waals surface area contributed by atoms with E-state index in [1.165, 1.54) is 5.56 Å². The maximum atomic E-state index is 12.4. The zero-order chi connectivity index (χ0) is 33.5. The van der Waals surface area contributed by atoms with Gasteiger partial charge in [-0.05, 0) is 95.4 Å². The first-order valence-corrected chi connectivity index (χ1v) is 16.3. The van der Waals surface area contributed by atoms with Gasteiger partial charge in [-0.25, -0.2) is 4.99 Å². The minimum atomic E-state index is -0.975. The van der Waals surface area contributed by atoms with Gasteiger partial charge in [-0.1, -0.05) is 96.2 Å². The first kappa shape index (κ1) is 32.1. The molecule has 0 spiro atoms. The number of rotatable bonds is 10. The van der Waals surface area contributed by atoms with Gasteiger partial charge >= 0.3 is 5.97 Å². The molecule has 48 heavy (non-hydrogen) atoms. The molecule has 0 fully saturated rings. The predicted octanol–water partition coefficient (Wildman–Crippen LogP) is 8.71. The molecule has 0 aliphatic carbocycles. The van der Waals surface area contributed by atoms with Crippen LogP contribution in [0.4, 0.5) is 17.1 Å². The fourth-order valence-corrected chi connectivity index (χ4v) is 5.86. The standard InChI is InChI=1S/C40H33N3O4S/c1-27-8-14-31(15-9-27)36(30-6-4-3-5-7-30)24-28-10-16-32(17-11-28)43(34-20-22-35(47-2)23-21-34)33-18-12-29(13-19-33)25-37-39(46)42-40(41-37)48-26-38(44)45/h3-25H,26H2,1-2H3,(H,44,45)(H,41,42,46). The monoisotopic (exact) mass is 651 g/mol. The van der Waals surface area contributed by atoms with Gasteiger partial charge in [0, 0.05) is 17.1 Å². The van der Waals surface area contributed by atoms with E-state index in [0.717, 1.165) is 62.4 Å². The molecule has 8 heteroatoms. The third-order valence-corrected chi connectivity index (χ3v) is 8.56. The SMILES string of the molecule is COc1ccc(N(c2ccc(C=C3N=C(SCC(=O)O)NC3=O)cc2)c2ccc(C=C(c3ccccc3)c3ccc(C)cc3)cc2)cc1. The molecular formula is C40H33N3O4S. The zero-order valence-electron chi connectivity index (χ0n) is 26.5. The average Bonchev–Trinajstić information content (AvgIpc) is 3.47. The number of aliphatic carboxylic acids is 1. The Morgan fingerprint density at radius 2 is 1.35 bits per heavy atom. The number of benzene rings is 5. The summed E-state index contributed by atoms with van der Waals surface area (Å²) < 4.78 is 5.41. The van der Waals surface area contributed by atoms with Crippen molar-refractivity contribution in [3.05, 3.63) is 161 Å². The van der Waals surface area contributed by atoms with E-state index >= 15 is 0 Å². The summed E-state index contributed by atoms with van der Waals surface area (Å²) in [5.41, 5.74) is 9.61. The molecular weight excluding hydrogens is 619 g/mol. The highest BCUT2D eigenvalue weighted by Crippen LogP contribution is 2.36. The van der Waals surface area contributed by atoms with Gasteiger partial charge in [0.05, 0.1) is 12.9 Å². The molecule has 1 aliphatic heterocycles. The van der Waals surface area contributed by atoms with E-state index < -0.39 is 5.97 Å². The van der Waals surface area contributed by atoms with Crippen molar-refractivity contribution < 1.29 is 19.4 Å². The van der Waals surface area contributed by atoms with Gasteiger partial charge in [0.2, 0.25) is 0 Å². The Morgan fingerprint density at radius 1 is 0.792 bits per heavy atom. The van der Waals surface area contributed by atoms with Crippen LogP contribution in [0.25, 0.3) is 17.7 Å². The van der Waals surface area contributed by atoms with Crippen LogP contribution in [-0.2, 0) is 9.59 Å². The van der Waals surface area contributed by atoms with Crippen LogP contribution < -0.4 is 15.0 Å². The number of carbonyl (C=O) groups excluding carboxylic acids is 1. The number of hydrogen-bond donors (Lipinski definition) is 2. The number of ether oxygens (including phenoxy) is 1. The zero-order valence-corrected chi connectivity index (χ0v) is 27.3. The molecule has 0 saturated carbocycles. The van der Waals surface area contributed by atoms with E-state index in [4.69, 9.17) is 9.84 Å². The Balaban J connectivity index is 1.32. The number of carbonyl (C=O) groups is 2. The molecule has 0 atom stereocenters. The third-order valence-electron chi connectivity index (χ3n) is 7.70. The van der Waals surface area contributed by atoms with Crippen LogP contribution in [0.1, 0.15) is 27.8 Å². The highest BCUT2D eigenvalue weighted by atomic mass is 32.2. The van der Waals surface area contributed by atoms with E-state index in [-0.39, 0.29) is 22.5 Å². The first-order chi connectivity index (χ1) is 23.4.